The van der Waals surface area contributed by atoms with E-state index in [1.807, 2.05) is 0 Å². The van der Waals surface area contributed by atoms with Gasteiger partial charge in [0, 0.05) is 20.6 Å². The van der Waals surface area contributed by atoms with Gasteiger partial charge in [-0.2, -0.15) is 0 Å². The largest absolute Gasteiger partial charge is 0.447 e. The number of hydrogen-bond donors (Lipinski definition) is 1. The minimum Gasteiger partial charge on any atom is -0.447 e. The molecular weight excluding hydrogens is 268 g/mol. The van der Waals surface area contributed by atoms with Gasteiger partial charge in [0.05, 0.1) is 12.6 Å². The van der Waals surface area contributed by atoms with E-state index in [-0.39, 0.29) is 11.2 Å². The molecule has 0 bridgehead atoms. The molecule has 1 aromatic rings. The number of piperidine rings is 1. The van der Waals surface area contributed by atoms with Gasteiger partial charge in [0.1, 0.15) is 5.76 Å². The number of nitrogens with zero attached hydrogens (tertiary/aromatic N) is 2. The van der Waals surface area contributed by atoms with E-state index in [0.29, 0.717) is 18.8 Å². The zero-order valence-corrected chi connectivity index (χ0v) is 12.1. The molecule has 0 amide bonds. The van der Waals surface area contributed by atoms with E-state index >= 15 is 0 Å². The van der Waals surface area contributed by atoms with Crippen LogP contribution in [0.25, 0.3) is 0 Å². The second kappa shape index (κ2) is 5.62. The van der Waals surface area contributed by atoms with Crippen molar-refractivity contribution >= 4 is 10.0 Å². The van der Waals surface area contributed by atoms with Crippen LogP contribution in [-0.4, -0.2) is 56.0 Å². The molecule has 7 heteroatoms. The molecule has 1 aliphatic rings. The maximum Gasteiger partial charge on any atom is 0.275 e. The topological polar surface area (TPSA) is 74.0 Å². The summed E-state index contributed by atoms with van der Waals surface area (Å²) in [5.74, 6) is 0.606. The average Bonchev–Trinajstić information content (AvgIpc) is 2.78. The summed E-state index contributed by atoms with van der Waals surface area (Å²) in [6.07, 6.45) is 1.48. The monoisotopic (exact) mass is 288 g/mol. The molecule has 1 atom stereocenters. The van der Waals surface area contributed by atoms with Crippen LogP contribution in [0.2, 0.25) is 0 Å². The highest BCUT2D eigenvalue weighted by atomic mass is 32.2. The molecular formula is C12H20N2O4S. The third kappa shape index (κ3) is 3.36. The Kier molecular flexibility index (Phi) is 4.29. The van der Waals surface area contributed by atoms with E-state index < -0.39 is 10.0 Å². The summed E-state index contributed by atoms with van der Waals surface area (Å²) in [6, 6.07) is 3.16. The summed E-state index contributed by atoms with van der Waals surface area (Å²) >= 11 is 0. The molecule has 0 spiro atoms. The lowest BCUT2D eigenvalue weighted by Gasteiger charge is -2.29. The van der Waals surface area contributed by atoms with Gasteiger partial charge >= 0.3 is 0 Å². The summed E-state index contributed by atoms with van der Waals surface area (Å²) in [6.45, 7) is 2.03. The average molecular weight is 288 g/mol. The van der Waals surface area contributed by atoms with E-state index in [1.54, 1.807) is 6.07 Å². The quantitative estimate of drug-likeness (QED) is 0.872. The van der Waals surface area contributed by atoms with Crippen molar-refractivity contribution in [2.24, 2.45) is 0 Å². The van der Waals surface area contributed by atoms with E-state index in [2.05, 4.69) is 4.90 Å². The van der Waals surface area contributed by atoms with Crippen molar-refractivity contribution in [1.82, 2.24) is 9.21 Å². The number of aliphatic hydroxyl groups excluding tert-OH is 1. The molecule has 0 radical (unpaired) electrons. The molecule has 108 valence electrons. The van der Waals surface area contributed by atoms with Gasteiger partial charge in [-0.15, -0.1) is 0 Å². The molecule has 1 aliphatic heterocycles. The number of likely N-dealkylation sites (tertiary alicyclic amines) is 1. The molecule has 6 nitrogen and oxygen atoms in total. The molecule has 2 rings (SSSR count). The van der Waals surface area contributed by atoms with Gasteiger partial charge in [0.15, 0.2) is 0 Å². The molecule has 0 aliphatic carbocycles. The number of aliphatic hydroxyl groups is 1. The first-order valence-corrected chi connectivity index (χ1v) is 7.75. The van der Waals surface area contributed by atoms with Gasteiger partial charge in [-0.1, -0.05) is 0 Å². The van der Waals surface area contributed by atoms with E-state index in [9.17, 15) is 13.5 Å². The third-order valence-electron chi connectivity index (χ3n) is 3.23. The highest BCUT2D eigenvalue weighted by molar-refractivity contribution is 7.88. The molecule has 2 heterocycles. The minimum absolute atomic E-state index is 0.0370. The van der Waals surface area contributed by atoms with Gasteiger partial charge in [-0.05, 0) is 31.5 Å². The predicted octanol–water partition coefficient (Wildman–Crippen LogP) is 0.487. The summed E-state index contributed by atoms with van der Waals surface area (Å²) in [4.78, 5) is 2.07. The molecule has 1 unspecified atom stereocenters. The van der Waals surface area contributed by atoms with Gasteiger partial charge in [0.25, 0.3) is 10.0 Å². The molecule has 19 heavy (non-hydrogen) atoms. The lowest BCUT2D eigenvalue weighted by Crippen LogP contribution is -2.37. The van der Waals surface area contributed by atoms with Crippen molar-refractivity contribution in [3.8, 4) is 0 Å². The Labute approximate surface area is 113 Å². The third-order valence-corrected chi connectivity index (χ3v) is 4.92. The highest BCUT2D eigenvalue weighted by Crippen LogP contribution is 2.19. The lowest BCUT2D eigenvalue weighted by atomic mass is 10.1. The van der Waals surface area contributed by atoms with Gasteiger partial charge in [0.2, 0.25) is 5.09 Å². The van der Waals surface area contributed by atoms with Crippen LogP contribution in [0.3, 0.4) is 0 Å². The zero-order valence-electron chi connectivity index (χ0n) is 11.2. The molecule has 0 aromatic carbocycles. The Balaban J connectivity index is 2.05. The zero-order chi connectivity index (χ0) is 14.0. The van der Waals surface area contributed by atoms with Gasteiger partial charge in [-0.3, -0.25) is 4.90 Å². The standard InChI is InChI=1S/C12H20N2O4S/c1-13(2)19(16,17)12-6-5-11(18-12)9-14-7-3-4-10(15)8-14/h5-6,10,15H,3-4,7-9H2,1-2H3. The van der Waals surface area contributed by atoms with Crippen molar-refractivity contribution < 1.29 is 17.9 Å². The summed E-state index contributed by atoms with van der Waals surface area (Å²) in [5, 5.41) is 9.55. The maximum absolute atomic E-state index is 11.9. The Hall–Kier alpha value is -0.890. The van der Waals surface area contributed by atoms with Gasteiger partial charge < -0.3 is 9.52 Å². The van der Waals surface area contributed by atoms with Crippen molar-refractivity contribution in [2.75, 3.05) is 27.2 Å². The lowest BCUT2D eigenvalue weighted by molar-refractivity contribution is 0.0626. The van der Waals surface area contributed by atoms with Crippen LogP contribution in [0.4, 0.5) is 0 Å². The molecule has 0 saturated carbocycles. The first-order valence-electron chi connectivity index (χ1n) is 6.31. The first kappa shape index (κ1) is 14.5. The number of furan rings is 1. The Morgan fingerprint density at radius 1 is 1.47 bits per heavy atom. The van der Waals surface area contributed by atoms with E-state index in [4.69, 9.17) is 4.42 Å². The van der Waals surface area contributed by atoms with Crippen LogP contribution in [-0.2, 0) is 16.6 Å². The van der Waals surface area contributed by atoms with Crippen LogP contribution >= 0.6 is 0 Å². The Bertz CT molecular complexity index is 524. The van der Waals surface area contributed by atoms with Crippen molar-refractivity contribution in [2.45, 2.75) is 30.6 Å². The number of β-amino-alcohol motifs (C(OH)–C–C–N with tert-alkyl or cyclic N) is 1. The molecule has 1 N–H and O–H groups in total. The smallest absolute Gasteiger partial charge is 0.275 e. The molecule has 1 saturated heterocycles. The van der Waals surface area contributed by atoms with Crippen LogP contribution in [0, 0.1) is 0 Å². The summed E-state index contributed by atoms with van der Waals surface area (Å²) < 4.78 is 30.3. The number of rotatable bonds is 4. The minimum atomic E-state index is -3.51. The normalized spacial score (nSPS) is 22.0. The fourth-order valence-electron chi connectivity index (χ4n) is 2.16. The number of hydrogen-bond acceptors (Lipinski definition) is 5. The fraction of sp³-hybridized carbons (Fsp3) is 0.667. The maximum atomic E-state index is 11.9. The summed E-state index contributed by atoms with van der Waals surface area (Å²) in [5.41, 5.74) is 0. The Morgan fingerprint density at radius 2 is 2.21 bits per heavy atom. The first-order chi connectivity index (χ1) is 8.89. The van der Waals surface area contributed by atoms with E-state index in [0.717, 1.165) is 23.7 Å². The molecule has 1 fully saturated rings. The number of sulfonamides is 1. The second-order valence-electron chi connectivity index (χ2n) is 5.04. The highest BCUT2D eigenvalue weighted by Gasteiger charge is 2.23. The van der Waals surface area contributed by atoms with Crippen molar-refractivity contribution in [3.63, 3.8) is 0 Å². The van der Waals surface area contributed by atoms with Gasteiger partial charge in [-0.25, -0.2) is 12.7 Å². The fourth-order valence-corrected chi connectivity index (χ4v) is 2.97. The predicted molar refractivity (Wildman–Crippen MR) is 70.1 cm³/mol. The SMILES string of the molecule is CN(C)S(=O)(=O)c1ccc(CN2CCCC(O)C2)o1. The van der Waals surface area contributed by atoms with Crippen LogP contribution in [0.15, 0.2) is 21.6 Å². The van der Waals surface area contributed by atoms with Crippen LogP contribution < -0.4 is 0 Å². The Morgan fingerprint density at radius 3 is 2.84 bits per heavy atom. The summed E-state index contributed by atoms with van der Waals surface area (Å²) in [7, 11) is -0.567. The van der Waals surface area contributed by atoms with Crippen molar-refractivity contribution in [1.29, 1.82) is 0 Å². The molecule has 1 aromatic heterocycles. The van der Waals surface area contributed by atoms with Crippen molar-refractivity contribution in [3.05, 3.63) is 17.9 Å². The second-order valence-corrected chi connectivity index (χ2v) is 7.12. The van der Waals surface area contributed by atoms with E-state index in [1.165, 1.54) is 20.2 Å². The van der Waals surface area contributed by atoms with Crippen LogP contribution in [0.1, 0.15) is 18.6 Å². The van der Waals surface area contributed by atoms with Crippen LogP contribution in [0.5, 0.6) is 0 Å².